The van der Waals surface area contributed by atoms with Gasteiger partial charge in [0.1, 0.15) is 11.6 Å². The fourth-order valence-corrected chi connectivity index (χ4v) is 6.98. The van der Waals surface area contributed by atoms with Crippen molar-refractivity contribution in [2.45, 2.75) is 42.7 Å². The fourth-order valence-electron chi connectivity index (χ4n) is 6.79. The molecule has 2 amide bonds. The van der Waals surface area contributed by atoms with Gasteiger partial charge in [-0.2, -0.15) is 12.6 Å². The molecule has 2 N–H and O–H groups in total. The van der Waals surface area contributed by atoms with E-state index in [1.54, 1.807) is 4.90 Å². The summed E-state index contributed by atoms with van der Waals surface area (Å²) in [6.07, 6.45) is 1.18. The number of aliphatic carboxylic acids is 1. The van der Waals surface area contributed by atoms with Gasteiger partial charge in [-0.1, -0.05) is 121 Å². The highest BCUT2D eigenvalue weighted by molar-refractivity contribution is 7.80. The third-order valence-corrected chi connectivity index (χ3v) is 8.73. The van der Waals surface area contributed by atoms with Gasteiger partial charge in [-0.15, -0.1) is 0 Å². The van der Waals surface area contributed by atoms with E-state index in [1.165, 1.54) is 0 Å². The Balaban J connectivity index is 1.80. The molecule has 1 aliphatic rings. The highest BCUT2D eigenvalue weighted by atomic mass is 32.1. The smallest absolute Gasteiger partial charge is 0.326 e. The van der Waals surface area contributed by atoms with Crippen LogP contribution in [0.15, 0.2) is 121 Å². The predicted octanol–water partition coefficient (Wildman–Crippen LogP) is 5.51. The first kappa shape index (κ1) is 30.1. The van der Waals surface area contributed by atoms with Crippen molar-refractivity contribution in [3.05, 3.63) is 144 Å². The number of carboxylic acids is 1. The zero-order chi connectivity index (χ0) is 30.3. The predicted molar refractivity (Wildman–Crippen MR) is 171 cm³/mol. The van der Waals surface area contributed by atoms with E-state index in [2.05, 4.69) is 17.9 Å². The van der Waals surface area contributed by atoms with Gasteiger partial charge in [0.2, 0.25) is 11.8 Å². The normalized spacial score (nSPS) is 17.3. The van der Waals surface area contributed by atoms with E-state index in [0.29, 0.717) is 25.1 Å². The lowest BCUT2D eigenvalue weighted by molar-refractivity contribution is -0.150. The van der Waals surface area contributed by atoms with Crippen LogP contribution in [0.5, 0.6) is 0 Å². The Morgan fingerprint density at radius 1 is 0.791 bits per heavy atom. The minimum Gasteiger partial charge on any atom is -0.480 e. The van der Waals surface area contributed by atoms with Crippen molar-refractivity contribution >= 4 is 30.4 Å². The summed E-state index contributed by atoms with van der Waals surface area (Å²) in [7, 11) is 0. The number of nitrogens with one attached hydrogen (secondary N) is 1. The quantitative estimate of drug-likeness (QED) is 0.158. The topological polar surface area (TPSA) is 86.7 Å². The Kier molecular flexibility index (Phi) is 9.31. The number of rotatable bonds is 11. The maximum Gasteiger partial charge on any atom is 0.326 e. The van der Waals surface area contributed by atoms with Crippen molar-refractivity contribution in [3.63, 3.8) is 0 Å². The Morgan fingerprint density at radius 2 is 1.26 bits per heavy atom. The molecule has 4 aromatic rings. The maximum absolute atomic E-state index is 15.2. The Hall–Kier alpha value is -4.36. The Labute approximate surface area is 258 Å². The van der Waals surface area contributed by atoms with E-state index in [0.717, 1.165) is 22.3 Å². The van der Waals surface area contributed by atoms with E-state index in [1.807, 2.05) is 121 Å². The standard InChI is InChI=1S/C36H36N2O4S/c39-32(22-25-43)38-24-13-23-35(38,34(42)37-31(33(40)41)26-27-14-5-1-6-15-27)36(28-16-7-2-8-17-28,29-18-9-3-10-19-29)30-20-11-4-12-21-30/h1-12,14-21,31,43H,13,22-26H2,(H,37,42)(H,40,41)/t31-,35-/m0/s1. The molecule has 6 nitrogen and oxygen atoms in total. The molecule has 0 bridgehead atoms. The van der Waals surface area contributed by atoms with Gasteiger partial charge >= 0.3 is 5.97 Å². The molecule has 2 atom stereocenters. The van der Waals surface area contributed by atoms with E-state index in [-0.39, 0.29) is 18.7 Å². The Bertz CT molecular complexity index is 1440. The molecule has 0 spiro atoms. The number of hydrogen-bond donors (Lipinski definition) is 3. The summed E-state index contributed by atoms with van der Waals surface area (Å²) in [6.45, 7) is 0.366. The van der Waals surface area contributed by atoms with Crippen LogP contribution in [0.4, 0.5) is 0 Å². The van der Waals surface area contributed by atoms with Crippen molar-refractivity contribution < 1.29 is 19.5 Å². The number of nitrogens with zero attached hydrogens (tertiary/aromatic N) is 1. The lowest BCUT2D eigenvalue weighted by Crippen LogP contribution is -2.70. The summed E-state index contributed by atoms with van der Waals surface area (Å²) in [5, 5.41) is 13.3. The van der Waals surface area contributed by atoms with Gasteiger partial charge in [0.05, 0.1) is 5.41 Å². The zero-order valence-corrected chi connectivity index (χ0v) is 24.8. The van der Waals surface area contributed by atoms with Crippen molar-refractivity contribution in [2.24, 2.45) is 0 Å². The van der Waals surface area contributed by atoms with Crippen molar-refractivity contribution in [1.82, 2.24) is 10.2 Å². The molecule has 0 saturated carbocycles. The SMILES string of the molecule is O=C(O)[C@H](Cc1ccccc1)NC(=O)[C@]1(C(c2ccccc2)(c2ccccc2)c2ccccc2)CCCN1C(=O)CCS. The summed E-state index contributed by atoms with van der Waals surface area (Å²) in [5.74, 6) is -1.49. The lowest BCUT2D eigenvalue weighted by Gasteiger charge is -2.53. The molecule has 43 heavy (non-hydrogen) atoms. The molecule has 0 unspecified atom stereocenters. The summed E-state index contributed by atoms with van der Waals surface area (Å²) in [4.78, 5) is 43.5. The van der Waals surface area contributed by atoms with Crippen LogP contribution < -0.4 is 5.32 Å². The van der Waals surface area contributed by atoms with Crippen LogP contribution in [0.1, 0.15) is 41.5 Å². The summed E-state index contributed by atoms with van der Waals surface area (Å²) < 4.78 is 0. The van der Waals surface area contributed by atoms with Crippen LogP contribution in [-0.4, -0.2) is 51.7 Å². The fraction of sp³-hybridized carbons (Fsp3) is 0.250. The molecule has 1 aliphatic heterocycles. The van der Waals surface area contributed by atoms with Crippen LogP contribution in [0.3, 0.4) is 0 Å². The minimum absolute atomic E-state index is 0.109. The number of carbonyl (C=O) groups excluding carboxylic acids is 2. The lowest BCUT2D eigenvalue weighted by atomic mass is 9.56. The van der Waals surface area contributed by atoms with Crippen LogP contribution in [0, 0.1) is 0 Å². The number of amides is 2. The number of benzene rings is 4. The molecule has 1 fully saturated rings. The van der Waals surface area contributed by atoms with Crippen molar-refractivity contribution in [1.29, 1.82) is 0 Å². The molecule has 4 aromatic carbocycles. The largest absolute Gasteiger partial charge is 0.480 e. The van der Waals surface area contributed by atoms with Crippen LogP contribution in [-0.2, 0) is 26.2 Å². The molecular formula is C36H36N2O4S. The molecular weight excluding hydrogens is 556 g/mol. The molecule has 0 radical (unpaired) electrons. The number of likely N-dealkylation sites (tertiary alicyclic amines) is 1. The third kappa shape index (κ3) is 5.57. The second-order valence-corrected chi connectivity index (χ2v) is 11.3. The zero-order valence-electron chi connectivity index (χ0n) is 23.9. The monoisotopic (exact) mass is 592 g/mol. The molecule has 1 heterocycles. The first-order valence-electron chi connectivity index (χ1n) is 14.6. The minimum atomic E-state index is -1.48. The summed E-state index contributed by atoms with van der Waals surface area (Å²) in [6, 6.07) is 37.4. The van der Waals surface area contributed by atoms with Gasteiger partial charge in [0.25, 0.3) is 0 Å². The second kappa shape index (κ2) is 13.3. The van der Waals surface area contributed by atoms with Gasteiger partial charge in [-0.05, 0) is 40.8 Å². The van der Waals surface area contributed by atoms with Gasteiger partial charge in [-0.25, -0.2) is 4.79 Å². The number of thiol groups is 1. The van der Waals surface area contributed by atoms with Crippen LogP contribution in [0.2, 0.25) is 0 Å². The molecule has 5 rings (SSSR count). The molecule has 7 heteroatoms. The van der Waals surface area contributed by atoms with E-state index in [4.69, 9.17) is 0 Å². The molecule has 0 aliphatic carbocycles. The molecule has 0 aromatic heterocycles. The van der Waals surface area contributed by atoms with Crippen LogP contribution in [0.25, 0.3) is 0 Å². The van der Waals surface area contributed by atoms with E-state index in [9.17, 15) is 14.7 Å². The first-order chi connectivity index (χ1) is 20.9. The average molecular weight is 593 g/mol. The second-order valence-electron chi connectivity index (χ2n) is 10.9. The number of carbonyl (C=O) groups is 3. The highest BCUT2D eigenvalue weighted by Gasteiger charge is 2.65. The van der Waals surface area contributed by atoms with E-state index >= 15 is 4.79 Å². The van der Waals surface area contributed by atoms with Crippen molar-refractivity contribution in [2.75, 3.05) is 12.3 Å². The van der Waals surface area contributed by atoms with Crippen LogP contribution >= 0.6 is 12.6 Å². The van der Waals surface area contributed by atoms with Gasteiger partial charge in [-0.3, -0.25) is 9.59 Å². The number of hydrogen-bond acceptors (Lipinski definition) is 4. The summed E-state index contributed by atoms with van der Waals surface area (Å²) in [5.41, 5.74) is 0.647. The Morgan fingerprint density at radius 3 is 1.70 bits per heavy atom. The average Bonchev–Trinajstić information content (AvgIpc) is 3.50. The highest BCUT2D eigenvalue weighted by Crippen LogP contribution is 2.54. The maximum atomic E-state index is 15.2. The number of carboxylic acid groups (broad SMARTS) is 1. The third-order valence-electron chi connectivity index (χ3n) is 8.51. The van der Waals surface area contributed by atoms with E-state index < -0.39 is 28.9 Å². The molecule has 220 valence electrons. The summed E-state index contributed by atoms with van der Waals surface area (Å²) >= 11 is 4.36. The first-order valence-corrected chi connectivity index (χ1v) is 15.2. The van der Waals surface area contributed by atoms with Gasteiger partial charge < -0.3 is 15.3 Å². The molecule has 1 saturated heterocycles. The van der Waals surface area contributed by atoms with Gasteiger partial charge in [0, 0.05) is 19.4 Å². The van der Waals surface area contributed by atoms with Gasteiger partial charge in [0.15, 0.2) is 0 Å². The van der Waals surface area contributed by atoms with Crippen molar-refractivity contribution in [3.8, 4) is 0 Å².